The Labute approximate surface area is 194 Å². The molecule has 2 aromatic heterocycles. The third-order valence-electron chi connectivity index (χ3n) is 6.07. The first kappa shape index (κ1) is 21.7. The normalized spacial score (nSPS) is 16.3. The lowest BCUT2D eigenvalue weighted by Crippen LogP contribution is -2.22. The van der Waals surface area contributed by atoms with Gasteiger partial charge in [0.2, 0.25) is 11.7 Å². The lowest BCUT2D eigenvalue weighted by atomic mass is 10.0. The van der Waals surface area contributed by atoms with E-state index in [1.807, 2.05) is 30.3 Å². The molecular formula is C27H29N3O3. The van der Waals surface area contributed by atoms with E-state index in [1.165, 1.54) is 5.56 Å². The van der Waals surface area contributed by atoms with Crippen molar-refractivity contribution in [3.8, 4) is 11.4 Å². The molecule has 0 aliphatic carbocycles. The second-order valence-corrected chi connectivity index (χ2v) is 8.48. The fourth-order valence-electron chi connectivity index (χ4n) is 4.28. The van der Waals surface area contributed by atoms with Crippen molar-refractivity contribution in [3.05, 3.63) is 77.8 Å². The summed E-state index contributed by atoms with van der Waals surface area (Å²) in [6.45, 7) is 1.24. The van der Waals surface area contributed by atoms with Crippen LogP contribution in [0.2, 0.25) is 0 Å². The molecule has 5 rings (SSSR count). The van der Waals surface area contributed by atoms with Crippen LogP contribution < -0.4 is 0 Å². The number of hydrogen-bond acceptors (Lipinski definition) is 6. The second-order valence-electron chi connectivity index (χ2n) is 8.48. The summed E-state index contributed by atoms with van der Waals surface area (Å²) in [5, 5.41) is 5.26. The average molecular weight is 444 g/mol. The van der Waals surface area contributed by atoms with Crippen molar-refractivity contribution in [2.45, 2.75) is 57.8 Å². The molecule has 1 saturated heterocycles. The van der Waals surface area contributed by atoms with Gasteiger partial charge in [0.05, 0.1) is 12.1 Å². The van der Waals surface area contributed by atoms with Crippen molar-refractivity contribution in [3.63, 3.8) is 0 Å². The number of aryl methyl sites for hydroxylation is 2. The summed E-state index contributed by atoms with van der Waals surface area (Å²) in [6, 6.07) is 18.6. The standard InChI is InChI=1S/C27H29N3O3/c1-2-9-20(10-3-1)11-4-5-13-24-29-27(30-33-24)23-16-15-21(26-22(23)12-8-17-28-26)19-32-25-14-6-7-18-31-25/h1-3,8-10,12,15-17,25H,4-7,11,13-14,18-19H2. The molecule has 4 aromatic rings. The van der Waals surface area contributed by atoms with Crippen LogP contribution in [0.3, 0.4) is 0 Å². The van der Waals surface area contributed by atoms with Crippen LogP contribution >= 0.6 is 0 Å². The summed E-state index contributed by atoms with van der Waals surface area (Å²) in [7, 11) is 0. The fraction of sp³-hybridized carbons (Fsp3) is 0.370. The van der Waals surface area contributed by atoms with Gasteiger partial charge in [-0.2, -0.15) is 4.98 Å². The van der Waals surface area contributed by atoms with Crippen molar-refractivity contribution >= 4 is 10.9 Å². The highest BCUT2D eigenvalue weighted by Gasteiger charge is 2.17. The van der Waals surface area contributed by atoms with Crippen LogP contribution in [0.4, 0.5) is 0 Å². The zero-order chi connectivity index (χ0) is 22.3. The largest absolute Gasteiger partial charge is 0.353 e. The van der Waals surface area contributed by atoms with Crippen LogP contribution in [0.25, 0.3) is 22.3 Å². The average Bonchev–Trinajstić information content (AvgIpc) is 3.35. The quantitative estimate of drug-likeness (QED) is 0.300. The van der Waals surface area contributed by atoms with Crippen molar-refractivity contribution in [2.75, 3.05) is 6.61 Å². The Kier molecular flexibility index (Phi) is 7.04. The van der Waals surface area contributed by atoms with Gasteiger partial charge in [0.15, 0.2) is 6.29 Å². The smallest absolute Gasteiger partial charge is 0.226 e. The molecule has 1 atom stereocenters. The molecule has 170 valence electrons. The van der Waals surface area contributed by atoms with Crippen LogP contribution in [-0.2, 0) is 28.9 Å². The summed E-state index contributed by atoms with van der Waals surface area (Å²) in [4.78, 5) is 9.29. The van der Waals surface area contributed by atoms with E-state index in [0.29, 0.717) is 18.3 Å². The Morgan fingerprint density at radius 2 is 1.85 bits per heavy atom. The summed E-state index contributed by atoms with van der Waals surface area (Å²) in [5.74, 6) is 1.28. The van der Waals surface area contributed by atoms with Gasteiger partial charge in [0.25, 0.3) is 0 Å². The summed E-state index contributed by atoms with van der Waals surface area (Å²) in [5.41, 5.74) is 4.23. The van der Waals surface area contributed by atoms with E-state index < -0.39 is 0 Å². The van der Waals surface area contributed by atoms with E-state index in [-0.39, 0.29) is 6.29 Å². The van der Waals surface area contributed by atoms with Crippen LogP contribution in [0.15, 0.2) is 65.3 Å². The van der Waals surface area contributed by atoms with Crippen LogP contribution in [-0.4, -0.2) is 28.0 Å². The predicted octanol–water partition coefficient (Wildman–Crippen LogP) is 5.89. The molecule has 1 fully saturated rings. The zero-order valence-corrected chi connectivity index (χ0v) is 18.8. The number of aromatic nitrogens is 3. The first-order chi connectivity index (χ1) is 16.4. The van der Waals surface area contributed by atoms with E-state index in [9.17, 15) is 0 Å². The number of benzene rings is 2. The molecule has 1 aliphatic rings. The fourth-order valence-corrected chi connectivity index (χ4v) is 4.28. The molecule has 33 heavy (non-hydrogen) atoms. The van der Waals surface area contributed by atoms with Crippen molar-refractivity contribution in [1.82, 2.24) is 15.1 Å². The highest BCUT2D eigenvalue weighted by atomic mass is 16.7. The maximum atomic E-state index is 6.00. The molecule has 6 heteroatoms. The SMILES string of the molecule is c1ccc(CCCCc2nc(-c3ccc(COC4CCCCO4)c4ncccc34)no2)cc1. The van der Waals surface area contributed by atoms with E-state index in [4.69, 9.17) is 14.0 Å². The first-order valence-electron chi connectivity index (χ1n) is 11.8. The minimum Gasteiger partial charge on any atom is -0.353 e. The number of fused-ring (bicyclic) bond motifs is 1. The van der Waals surface area contributed by atoms with Crippen LogP contribution in [0, 0.1) is 0 Å². The number of nitrogens with zero attached hydrogens (tertiary/aromatic N) is 3. The van der Waals surface area contributed by atoms with Crippen molar-refractivity contribution in [2.24, 2.45) is 0 Å². The van der Waals surface area contributed by atoms with Crippen LogP contribution in [0.5, 0.6) is 0 Å². The van der Waals surface area contributed by atoms with Gasteiger partial charge in [-0.15, -0.1) is 0 Å². The Balaban J connectivity index is 1.25. The number of rotatable bonds is 9. The van der Waals surface area contributed by atoms with Gasteiger partial charge in [-0.1, -0.05) is 47.6 Å². The highest BCUT2D eigenvalue weighted by Crippen LogP contribution is 2.29. The van der Waals surface area contributed by atoms with Crippen LogP contribution in [0.1, 0.15) is 49.1 Å². The monoisotopic (exact) mass is 443 g/mol. The topological polar surface area (TPSA) is 70.3 Å². The van der Waals surface area contributed by atoms with Gasteiger partial charge in [0.1, 0.15) is 0 Å². The Bertz CT molecular complexity index is 1170. The number of unbranched alkanes of at least 4 members (excludes halogenated alkanes) is 1. The van der Waals surface area contributed by atoms with Crippen molar-refractivity contribution < 1.29 is 14.0 Å². The third kappa shape index (κ3) is 5.46. The molecule has 0 amide bonds. The minimum atomic E-state index is -0.126. The third-order valence-corrected chi connectivity index (χ3v) is 6.07. The van der Waals surface area contributed by atoms with E-state index in [1.54, 1.807) is 6.20 Å². The molecule has 3 heterocycles. The lowest BCUT2D eigenvalue weighted by Gasteiger charge is -2.23. The molecule has 0 saturated carbocycles. The molecule has 0 N–H and O–H groups in total. The van der Waals surface area contributed by atoms with Gasteiger partial charge in [-0.3, -0.25) is 4.98 Å². The van der Waals surface area contributed by atoms with E-state index >= 15 is 0 Å². The molecule has 6 nitrogen and oxygen atoms in total. The van der Waals surface area contributed by atoms with Gasteiger partial charge in [-0.05, 0) is 56.2 Å². The van der Waals surface area contributed by atoms with E-state index in [2.05, 4.69) is 39.4 Å². The second kappa shape index (κ2) is 10.7. The maximum Gasteiger partial charge on any atom is 0.226 e. The molecule has 2 aromatic carbocycles. The minimum absolute atomic E-state index is 0.126. The maximum absolute atomic E-state index is 6.00. The molecule has 1 aliphatic heterocycles. The number of pyridine rings is 1. The van der Waals surface area contributed by atoms with Crippen molar-refractivity contribution in [1.29, 1.82) is 0 Å². The van der Waals surface area contributed by atoms with Gasteiger partial charge < -0.3 is 14.0 Å². The molecule has 1 unspecified atom stereocenters. The molecule has 0 bridgehead atoms. The summed E-state index contributed by atoms with van der Waals surface area (Å²) < 4.78 is 17.3. The van der Waals surface area contributed by atoms with E-state index in [0.717, 1.165) is 73.6 Å². The lowest BCUT2D eigenvalue weighted by molar-refractivity contribution is -0.168. The first-order valence-corrected chi connectivity index (χ1v) is 11.8. The predicted molar refractivity (Wildman–Crippen MR) is 126 cm³/mol. The Morgan fingerprint density at radius 3 is 2.73 bits per heavy atom. The highest BCUT2D eigenvalue weighted by molar-refractivity contribution is 5.94. The van der Waals surface area contributed by atoms with Gasteiger partial charge >= 0.3 is 0 Å². The number of ether oxygens (including phenoxy) is 2. The molecular weight excluding hydrogens is 414 g/mol. The van der Waals surface area contributed by atoms with Gasteiger partial charge in [0, 0.05) is 35.7 Å². The summed E-state index contributed by atoms with van der Waals surface area (Å²) >= 11 is 0. The zero-order valence-electron chi connectivity index (χ0n) is 18.8. The summed E-state index contributed by atoms with van der Waals surface area (Å²) in [6.07, 6.45) is 8.83. The molecule has 0 radical (unpaired) electrons. The Hall–Kier alpha value is -3.09. The Morgan fingerprint density at radius 1 is 0.939 bits per heavy atom. The number of hydrogen-bond donors (Lipinski definition) is 0. The molecule has 0 spiro atoms. The van der Waals surface area contributed by atoms with Gasteiger partial charge in [-0.25, -0.2) is 0 Å².